The van der Waals surface area contributed by atoms with E-state index in [9.17, 15) is 10.2 Å². The molecule has 0 aromatic carbocycles. The number of aliphatic hydroxyl groups excluding tert-OH is 1. The van der Waals surface area contributed by atoms with E-state index in [4.69, 9.17) is 0 Å². The summed E-state index contributed by atoms with van der Waals surface area (Å²) in [7, 11) is 0. The van der Waals surface area contributed by atoms with Gasteiger partial charge in [0.1, 0.15) is 0 Å². The van der Waals surface area contributed by atoms with Gasteiger partial charge in [0.2, 0.25) is 0 Å². The van der Waals surface area contributed by atoms with Crippen molar-refractivity contribution in [1.82, 2.24) is 4.90 Å². The summed E-state index contributed by atoms with van der Waals surface area (Å²) in [6, 6.07) is 0.349. The second kappa shape index (κ2) is 5.32. The Balaban J connectivity index is 2.04. The molecular weight excluding hydrogens is 226 g/mol. The van der Waals surface area contributed by atoms with E-state index in [1.165, 1.54) is 12.0 Å². The molecule has 2 aliphatic heterocycles. The molecule has 2 fully saturated rings. The first-order valence-corrected chi connectivity index (χ1v) is 7.22. The van der Waals surface area contributed by atoms with Crippen molar-refractivity contribution < 1.29 is 10.2 Å². The van der Waals surface area contributed by atoms with Gasteiger partial charge in [0.05, 0.1) is 11.7 Å². The Labute approximate surface area is 110 Å². The molecule has 0 radical (unpaired) electrons. The van der Waals surface area contributed by atoms with Crippen LogP contribution in [0.2, 0.25) is 0 Å². The van der Waals surface area contributed by atoms with Crippen molar-refractivity contribution in [3.05, 3.63) is 11.6 Å². The van der Waals surface area contributed by atoms with Crippen LogP contribution in [0.3, 0.4) is 0 Å². The topological polar surface area (TPSA) is 43.7 Å². The van der Waals surface area contributed by atoms with Crippen LogP contribution in [0.5, 0.6) is 0 Å². The molecule has 0 saturated carbocycles. The number of hydrogen-bond donors (Lipinski definition) is 2. The standard InChI is InChI=1S/C15H27NO2/c1-11(7-12(2)17)8-13-9-15(3,18)14-5-4-6-16(14)10-13/h8,11-12,14,17-18H,4-7,9-10H2,1-3H3/b13-8-. The van der Waals surface area contributed by atoms with E-state index in [1.54, 1.807) is 0 Å². The van der Waals surface area contributed by atoms with Gasteiger partial charge in [0, 0.05) is 12.6 Å². The van der Waals surface area contributed by atoms with Crippen LogP contribution < -0.4 is 0 Å². The van der Waals surface area contributed by atoms with E-state index in [0.717, 1.165) is 32.4 Å². The summed E-state index contributed by atoms with van der Waals surface area (Å²) in [6.07, 6.45) is 5.93. The largest absolute Gasteiger partial charge is 0.393 e. The molecule has 3 heteroatoms. The van der Waals surface area contributed by atoms with E-state index < -0.39 is 5.60 Å². The van der Waals surface area contributed by atoms with Crippen molar-refractivity contribution in [2.45, 2.75) is 64.2 Å². The third-order valence-electron chi connectivity index (χ3n) is 4.31. The van der Waals surface area contributed by atoms with E-state index in [2.05, 4.69) is 17.9 Å². The first kappa shape index (κ1) is 14.0. The summed E-state index contributed by atoms with van der Waals surface area (Å²) in [5, 5.41) is 20.0. The van der Waals surface area contributed by atoms with Gasteiger partial charge in [-0.25, -0.2) is 0 Å². The number of piperidine rings is 1. The fourth-order valence-electron chi connectivity index (χ4n) is 3.73. The lowest BCUT2D eigenvalue weighted by atomic mass is 9.82. The van der Waals surface area contributed by atoms with Gasteiger partial charge in [0.25, 0.3) is 0 Å². The Bertz CT molecular complexity index is 322. The molecule has 18 heavy (non-hydrogen) atoms. The smallest absolute Gasteiger partial charge is 0.0811 e. The maximum absolute atomic E-state index is 10.6. The SMILES string of the molecule is CC(O)CC(C)/C=C1\CN2CCCC2C(C)(O)C1. The normalized spacial score (nSPS) is 38.7. The highest BCUT2D eigenvalue weighted by molar-refractivity contribution is 5.17. The van der Waals surface area contributed by atoms with Crippen LogP contribution in [0.1, 0.15) is 46.5 Å². The molecule has 0 aromatic rings. The lowest BCUT2D eigenvalue weighted by Gasteiger charge is -2.43. The molecule has 4 unspecified atom stereocenters. The van der Waals surface area contributed by atoms with Gasteiger partial charge in [-0.2, -0.15) is 0 Å². The van der Waals surface area contributed by atoms with Crippen LogP contribution in [0.4, 0.5) is 0 Å². The van der Waals surface area contributed by atoms with Crippen molar-refractivity contribution in [3.63, 3.8) is 0 Å². The minimum absolute atomic E-state index is 0.250. The quantitative estimate of drug-likeness (QED) is 0.756. The third kappa shape index (κ3) is 3.14. The Morgan fingerprint density at radius 3 is 2.89 bits per heavy atom. The Hall–Kier alpha value is -0.380. The summed E-state index contributed by atoms with van der Waals surface area (Å²) in [5.41, 5.74) is 0.761. The van der Waals surface area contributed by atoms with Gasteiger partial charge >= 0.3 is 0 Å². The second-order valence-corrected chi connectivity index (χ2v) is 6.55. The molecule has 2 heterocycles. The Kier molecular flexibility index (Phi) is 4.15. The van der Waals surface area contributed by atoms with E-state index in [1.807, 2.05) is 13.8 Å². The average molecular weight is 253 g/mol. The number of nitrogens with zero attached hydrogens (tertiary/aromatic N) is 1. The van der Waals surface area contributed by atoms with Crippen molar-refractivity contribution in [2.75, 3.05) is 13.1 Å². The molecule has 0 spiro atoms. The first-order valence-electron chi connectivity index (χ1n) is 7.22. The summed E-state index contributed by atoms with van der Waals surface area (Å²) < 4.78 is 0. The predicted octanol–water partition coefficient (Wildman–Crippen LogP) is 1.94. The van der Waals surface area contributed by atoms with Crippen LogP contribution in [0, 0.1) is 5.92 Å². The highest BCUT2D eigenvalue weighted by atomic mass is 16.3. The molecule has 3 nitrogen and oxygen atoms in total. The van der Waals surface area contributed by atoms with Gasteiger partial charge < -0.3 is 10.2 Å². The Morgan fingerprint density at radius 1 is 1.50 bits per heavy atom. The summed E-state index contributed by atoms with van der Waals surface area (Å²) in [6.45, 7) is 8.07. The lowest BCUT2D eigenvalue weighted by Crippen LogP contribution is -2.52. The first-order chi connectivity index (χ1) is 8.38. The molecule has 4 atom stereocenters. The number of rotatable bonds is 3. The van der Waals surface area contributed by atoms with Crippen molar-refractivity contribution >= 4 is 0 Å². The summed E-state index contributed by atoms with van der Waals surface area (Å²) in [4.78, 5) is 2.42. The zero-order valence-electron chi connectivity index (χ0n) is 11.9. The molecule has 0 amide bonds. The minimum atomic E-state index is -0.578. The minimum Gasteiger partial charge on any atom is -0.393 e. The van der Waals surface area contributed by atoms with Gasteiger partial charge in [-0.15, -0.1) is 0 Å². The van der Waals surface area contributed by atoms with Crippen molar-refractivity contribution in [1.29, 1.82) is 0 Å². The monoisotopic (exact) mass is 253 g/mol. The van der Waals surface area contributed by atoms with Crippen LogP contribution in [0.25, 0.3) is 0 Å². The van der Waals surface area contributed by atoms with E-state index in [0.29, 0.717) is 12.0 Å². The molecule has 2 N–H and O–H groups in total. The molecule has 2 saturated heterocycles. The van der Waals surface area contributed by atoms with Crippen molar-refractivity contribution in [2.24, 2.45) is 5.92 Å². The molecular formula is C15H27NO2. The van der Waals surface area contributed by atoms with Crippen LogP contribution in [-0.4, -0.2) is 45.9 Å². The maximum Gasteiger partial charge on any atom is 0.0811 e. The summed E-state index contributed by atoms with van der Waals surface area (Å²) >= 11 is 0. The number of allylic oxidation sites excluding steroid dienone is 1. The van der Waals surface area contributed by atoms with Crippen LogP contribution in [-0.2, 0) is 0 Å². The highest BCUT2D eigenvalue weighted by Crippen LogP contribution is 2.37. The second-order valence-electron chi connectivity index (χ2n) is 6.55. The number of hydrogen-bond acceptors (Lipinski definition) is 3. The van der Waals surface area contributed by atoms with E-state index in [-0.39, 0.29) is 6.10 Å². The molecule has 2 aliphatic rings. The molecule has 0 aliphatic carbocycles. The molecule has 0 bridgehead atoms. The highest BCUT2D eigenvalue weighted by Gasteiger charge is 2.43. The average Bonchev–Trinajstić information content (AvgIpc) is 2.63. The molecule has 0 aromatic heterocycles. The van der Waals surface area contributed by atoms with Gasteiger partial charge in [-0.3, -0.25) is 4.90 Å². The fourth-order valence-corrected chi connectivity index (χ4v) is 3.73. The third-order valence-corrected chi connectivity index (χ3v) is 4.31. The van der Waals surface area contributed by atoms with Gasteiger partial charge in [-0.1, -0.05) is 18.6 Å². The Morgan fingerprint density at radius 2 is 2.22 bits per heavy atom. The number of fused-ring (bicyclic) bond motifs is 1. The lowest BCUT2D eigenvalue weighted by molar-refractivity contribution is -0.0330. The van der Waals surface area contributed by atoms with Gasteiger partial charge in [0.15, 0.2) is 0 Å². The zero-order valence-corrected chi connectivity index (χ0v) is 11.9. The van der Waals surface area contributed by atoms with Gasteiger partial charge in [-0.05, 0) is 52.0 Å². The van der Waals surface area contributed by atoms with Crippen LogP contribution in [0.15, 0.2) is 11.6 Å². The molecule has 2 rings (SSSR count). The maximum atomic E-state index is 10.6. The van der Waals surface area contributed by atoms with Crippen molar-refractivity contribution in [3.8, 4) is 0 Å². The molecule has 104 valence electrons. The zero-order chi connectivity index (χ0) is 13.3. The number of aliphatic hydroxyl groups is 2. The predicted molar refractivity (Wildman–Crippen MR) is 73.4 cm³/mol. The fraction of sp³-hybridized carbons (Fsp3) is 0.867. The van der Waals surface area contributed by atoms with Crippen LogP contribution >= 0.6 is 0 Å². The summed E-state index contributed by atoms with van der Waals surface area (Å²) in [5.74, 6) is 0.384. The van der Waals surface area contributed by atoms with E-state index >= 15 is 0 Å².